The topological polar surface area (TPSA) is 76.3 Å². The van der Waals surface area contributed by atoms with Gasteiger partial charge < -0.3 is 4.90 Å². The van der Waals surface area contributed by atoms with Crippen LogP contribution in [0.1, 0.15) is 23.8 Å². The maximum absolute atomic E-state index is 12.7. The van der Waals surface area contributed by atoms with Crippen LogP contribution in [0.25, 0.3) is 10.2 Å². The number of hydrogen-bond donors (Lipinski definition) is 0. The number of benzene rings is 2. The number of aromatic nitrogens is 1. The van der Waals surface area contributed by atoms with Gasteiger partial charge in [0.15, 0.2) is 0 Å². The molecule has 0 bridgehead atoms. The molecule has 1 saturated heterocycles. The Hall–Kier alpha value is -2.45. The van der Waals surface area contributed by atoms with Crippen molar-refractivity contribution in [1.29, 1.82) is 0 Å². The van der Waals surface area contributed by atoms with E-state index in [0.29, 0.717) is 11.4 Å². The number of piperidine rings is 1. The van der Waals surface area contributed by atoms with E-state index in [9.17, 15) is 14.9 Å². The number of thiazole rings is 1. The second-order valence-corrected chi connectivity index (χ2v) is 8.79. The van der Waals surface area contributed by atoms with Crippen LogP contribution in [0, 0.1) is 10.1 Å². The molecule has 0 spiro atoms. The van der Waals surface area contributed by atoms with Crippen LogP contribution in [-0.2, 0) is 4.79 Å². The van der Waals surface area contributed by atoms with Gasteiger partial charge in [0.2, 0.25) is 5.91 Å². The number of rotatable bonds is 5. The van der Waals surface area contributed by atoms with E-state index in [2.05, 4.69) is 6.07 Å². The summed E-state index contributed by atoms with van der Waals surface area (Å²) in [7, 11) is 0. The Labute approximate surface area is 170 Å². The van der Waals surface area contributed by atoms with Crippen molar-refractivity contribution in [3.63, 3.8) is 0 Å². The number of likely N-dealkylation sites (tertiary alicyclic amines) is 1. The van der Waals surface area contributed by atoms with Gasteiger partial charge in [-0.15, -0.1) is 23.1 Å². The molecule has 144 valence electrons. The van der Waals surface area contributed by atoms with Crippen molar-refractivity contribution < 1.29 is 9.72 Å². The summed E-state index contributed by atoms with van der Waals surface area (Å²) in [5, 5.41) is 12.2. The molecule has 1 aromatic heterocycles. The van der Waals surface area contributed by atoms with Crippen molar-refractivity contribution in [3.05, 3.63) is 63.7 Å². The smallest absolute Gasteiger partial charge is 0.282 e. The average Bonchev–Trinajstić information content (AvgIpc) is 3.16. The third-order valence-corrected chi connectivity index (χ3v) is 7.09. The predicted octanol–water partition coefficient (Wildman–Crippen LogP) is 4.70. The maximum atomic E-state index is 12.7. The van der Waals surface area contributed by atoms with Gasteiger partial charge in [-0.2, -0.15) is 0 Å². The number of nitro groups is 1. The summed E-state index contributed by atoms with van der Waals surface area (Å²) in [5.41, 5.74) is 1.06. The zero-order valence-electron chi connectivity index (χ0n) is 15.1. The summed E-state index contributed by atoms with van der Waals surface area (Å²) in [6.07, 6.45) is 1.98. The summed E-state index contributed by atoms with van der Waals surface area (Å²) in [5.74, 6) is 0.484. The lowest BCUT2D eigenvalue weighted by Gasteiger charge is -2.31. The minimum Gasteiger partial charge on any atom is -0.341 e. The Bertz CT molecular complexity index is 988. The Balaban J connectivity index is 1.41. The van der Waals surface area contributed by atoms with Crippen LogP contribution in [-0.4, -0.2) is 39.6 Å². The number of hydrogen-bond acceptors (Lipinski definition) is 6. The third kappa shape index (κ3) is 4.02. The predicted molar refractivity (Wildman–Crippen MR) is 112 cm³/mol. The van der Waals surface area contributed by atoms with Gasteiger partial charge in [-0.05, 0) is 31.0 Å². The highest BCUT2D eigenvalue weighted by Gasteiger charge is 2.27. The molecule has 1 fully saturated rings. The first-order chi connectivity index (χ1) is 13.6. The molecule has 0 aliphatic carbocycles. The van der Waals surface area contributed by atoms with Crippen LogP contribution in [0.2, 0.25) is 0 Å². The van der Waals surface area contributed by atoms with Crippen LogP contribution in [0.3, 0.4) is 0 Å². The van der Waals surface area contributed by atoms with Gasteiger partial charge in [0, 0.05) is 25.1 Å². The lowest BCUT2D eigenvalue weighted by atomic mass is 9.99. The molecule has 2 heterocycles. The molecule has 3 aromatic rings. The second-order valence-electron chi connectivity index (χ2n) is 6.71. The Morgan fingerprint density at radius 2 is 2.04 bits per heavy atom. The third-order valence-electron chi connectivity index (χ3n) is 4.85. The van der Waals surface area contributed by atoms with E-state index >= 15 is 0 Å². The van der Waals surface area contributed by atoms with Crippen LogP contribution in [0.15, 0.2) is 53.4 Å². The molecule has 28 heavy (non-hydrogen) atoms. The molecular weight excluding hydrogens is 394 g/mol. The molecule has 0 saturated carbocycles. The molecule has 0 unspecified atom stereocenters. The molecular formula is C20H19N3O3S2. The van der Waals surface area contributed by atoms with Gasteiger partial charge in [0.1, 0.15) is 0 Å². The van der Waals surface area contributed by atoms with Crippen LogP contribution in [0.4, 0.5) is 5.69 Å². The summed E-state index contributed by atoms with van der Waals surface area (Å²) in [6, 6.07) is 14.6. The van der Waals surface area contributed by atoms with Crippen LogP contribution >= 0.6 is 23.1 Å². The fourth-order valence-corrected chi connectivity index (χ4v) is 5.45. The van der Waals surface area contributed by atoms with Crippen molar-refractivity contribution in [3.8, 4) is 0 Å². The van der Waals surface area contributed by atoms with Crippen molar-refractivity contribution in [1.82, 2.24) is 9.88 Å². The number of amides is 1. The Morgan fingerprint density at radius 3 is 2.86 bits per heavy atom. The van der Waals surface area contributed by atoms with Gasteiger partial charge in [-0.1, -0.05) is 24.3 Å². The fourth-order valence-electron chi connectivity index (χ4n) is 3.43. The second kappa shape index (κ2) is 8.28. The molecule has 6 nitrogen and oxygen atoms in total. The van der Waals surface area contributed by atoms with E-state index in [1.807, 2.05) is 23.1 Å². The summed E-state index contributed by atoms with van der Waals surface area (Å²) in [6.45, 7) is 1.40. The normalized spacial score (nSPS) is 17.0. The monoisotopic (exact) mass is 413 g/mol. The number of carbonyl (C=O) groups excluding carboxylic acids is 1. The van der Waals surface area contributed by atoms with Crippen molar-refractivity contribution in [2.75, 3.05) is 18.8 Å². The standard InChI is InChI=1S/C20H19N3O3S2/c24-19(13-27-18-10-4-2-8-16(18)23(25)26)22-11-5-6-14(12-22)20-21-15-7-1-3-9-17(15)28-20/h1-4,7-10,14H,5-6,11-13H2/t14-/m1/s1. The first-order valence-electron chi connectivity index (χ1n) is 9.11. The Morgan fingerprint density at radius 1 is 1.25 bits per heavy atom. The first-order valence-corrected chi connectivity index (χ1v) is 10.9. The van der Waals surface area contributed by atoms with Gasteiger partial charge in [0.05, 0.1) is 30.8 Å². The zero-order valence-corrected chi connectivity index (χ0v) is 16.7. The maximum Gasteiger partial charge on any atom is 0.282 e. The fraction of sp³-hybridized carbons (Fsp3) is 0.300. The molecule has 1 aliphatic rings. The molecule has 8 heteroatoms. The minimum absolute atomic E-state index is 0.0222. The molecule has 4 rings (SSSR count). The summed E-state index contributed by atoms with van der Waals surface area (Å²) >= 11 is 2.94. The van der Waals surface area contributed by atoms with Crippen molar-refractivity contribution in [2.24, 2.45) is 0 Å². The Kier molecular flexibility index (Phi) is 5.59. The van der Waals surface area contributed by atoms with E-state index in [0.717, 1.165) is 29.9 Å². The SMILES string of the molecule is O=C(CSc1ccccc1[N+](=O)[O-])N1CCC[C@@H](c2nc3ccccc3s2)C1. The molecule has 1 amide bonds. The lowest BCUT2D eigenvalue weighted by molar-refractivity contribution is -0.387. The van der Waals surface area contributed by atoms with E-state index in [1.54, 1.807) is 29.5 Å². The highest BCUT2D eigenvalue weighted by Crippen LogP contribution is 2.34. The van der Waals surface area contributed by atoms with Crippen LogP contribution in [0.5, 0.6) is 0 Å². The van der Waals surface area contributed by atoms with Crippen molar-refractivity contribution in [2.45, 2.75) is 23.7 Å². The lowest BCUT2D eigenvalue weighted by Crippen LogP contribution is -2.40. The summed E-state index contributed by atoms with van der Waals surface area (Å²) in [4.78, 5) is 30.6. The van der Waals surface area contributed by atoms with Gasteiger partial charge in [0.25, 0.3) is 5.69 Å². The number of para-hydroxylation sites is 2. The first kappa shape index (κ1) is 18.9. The average molecular weight is 414 g/mol. The minimum atomic E-state index is -0.406. The molecule has 1 atom stereocenters. The van der Waals surface area contributed by atoms with Crippen LogP contribution < -0.4 is 0 Å². The van der Waals surface area contributed by atoms with Gasteiger partial charge in [-0.25, -0.2) is 4.98 Å². The quantitative estimate of drug-likeness (QED) is 0.344. The zero-order chi connectivity index (χ0) is 19.5. The molecule has 2 aromatic carbocycles. The highest BCUT2D eigenvalue weighted by molar-refractivity contribution is 8.00. The van der Waals surface area contributed by atoms with E-state index < -0.39 is 4.92 Å². The number of thioether (sulfide) groups is 1. The van der Waals surface area contributed by atoms with E-state index in [-0.39, 0.29) is 23.3 Å². The molecule has 0 radical (unpaired) electrons. The molecule has 0 N–H and O–H groups in total. The number of nitrogens with zero attached hydrogens (tertiary/aromatic N) is 3. The molecule has 1 aliphatic heterocycles. The van der Waals surface area contributed by atoms with E-state index in [1.165, 1.54) is 22.5 Å². The number of carbonyl (C=O) groups is 1. The number of nitro benzene ring substituents is 1. The van der Waals surface area contributed by atoms with Gasteiger partial charge >= 0.3 is 0 Å². The van der Waals surface area contributed by atoms with E-state index in [4.69, 9.17) is 4.98 Å². The highest BCUT2D eigenvalue weighted by atomic mass is 32.2. The van der Waals surface area contributed by atoms with Crippen molar-refractivity contribution >= 4 is 44.9 Å². The van der Waals surface area contributed by atoms with Gasteiger partial charge in [-0.3, -0.25) is 14.9 Å². The largest absolute Gasteiger partial charge is 0.341 e. The summed E-state index contributed by atoms with van der Waals surface area (Å²) < 4.78 is 1.17. The number of fused-ring (bicyclic) bond motifs is 1.